The Hall–Kier alpha value is -1.07. The third kappa shape index (κ3) is 5.21. The molecule has 0 radical (unpaired) electrons. The second-order valence-corrected chi connectivity index (χ2v) is 8.37. The van der Waals surface area contributed by atoms with Crippen LogP contribution in [0.5, 0.6) is 0 Å². The summed E-state index contributed by atoms with van der Waals surface area (Å²) in [5.41, 5.74) is 0.899. The molecular weight excluding hydrogens is 308 g/mol. The molecule has 0 saturated carbocycles. The molecule has 0 spiro atoms. The van der Waals surface area contributed by atoms with Crippen LogP contribution in [0.25, 0.3) is 0 Å². The standard InChI is InChI=1S/C18H30N2O2S/c1-13-9-11-23-16(13)14(2)19-12-15-8-6-7-10-20(15)17(21)22-18(3,4)5/h9,11,14-15,19H,6-8,10,12H2,1-5H3. The number of nitrogens with one attached hydrogen (secondary N) is 1. The number of aryl methyl sites for hydroxylation is 1. The van der Waals surface area contributed by atoms with E-state index in [0.717, 1.165) is 25.9 Å². The fourth-order valence-electron chi connectivity index (χ4n) is 3.01. The van der Waals surface area contributed by atoms with Crippen LogP contribution in [0.3, 0.4) is 0 Å². The highest BCUT2D eigenvalue weighted by Crippen LogP contribution is 2.25. The quantitative estimate of drug-likeness (QED) is 0.879. The lowest BCUT2D eigenvalue weighted by Crippen LogP contribution is -2.50. The van der Waals surface area contributed by atoms with E-state index in [4.69, 9.17) is 4.74 Å². The van der Waals surface area contributed by atoms with Gasteiger partial charge in [0.25, 0.3) is 0 Å². The van der Waals surface area contributed by atoms with Crippen molar-refractivity contribution in [1.29, 1.82) is 0 Å². The summed E-state index contributed by atoms with van der Waals surface area (Å²) in [7, 11) is 0. The Bertz CT molecular complexity index is 521. The number of carbonyl (C=O) groups is 1. The smallest absolute Gasteiger partial charge is 0.410 e. The Labute approximate surface area is 144 Å². The monoisotopic (exact) mass is 338 g/mol. The van der Waals surface area contributed by atoms with Gasteiger partial charge in [0, 0.05) is 30.1 Å². The minimum atomic E-state index is -0.437. The van der Waals surface area contributed by atoms with Gasteiger partial charge in [-0.3, -0.25) is 0 Å². The lowest BCUT2D eigenvalue weighted by molar-refractivity contribution is 0.00971. The van der Waals surface area contributed by atoms with E-state index < -0.39 is 5.60 Å². The van der Waals surface area contributed by atoms with Gasteiger partial charge in [0.15, 0.2) is 0 Å². The van der Waals surface area contributed by atoms with Crippen LogP contribution in [0.4, 0.5) is 4.79 Å². The molecule has 1 saturated heterocycles. The Morgan fingerprint density at radius 2 is 2.22 bits per heavy atom. The van der Waals surface area contributed by atoms with Gasteiger partial charge in [0.05, 0.1) is 0 Å². The predicted octanol–water partition coefficient (Wildman–Crippen LogP) is 4.50. The lowest BCUT2D eigenvalue weighted by Gasteiger charge is -2.37. The van der Waals surface area contributed by atoms with Crippen LogP contribution in [0.2, 0.25) is 0 Å². The topological polar surface area (TPSA) is 41.6 Å². The fraction of sp³-hybridized carbons (Fsp3) is 0.722. The predicted molar refractivity (Wildman–Crippen MR) is 96.1 cm³/mol. The van der Waals surface area contributed by atoms with E-state index in [2.05, 4.69) is 30.6 Å². The van der Waals surface area contributed by atoms with Crippen molar-refractivity contribution < 1.29 is 9.53 Å². The minimum absolute atomic E-state index is 0.177. The molecule has 0 aliphatic carbocycles. The molecule has 1 aliphatic rings. The first kappa shape index (κ1) is 18.3. The van der Waals surface area contributed by atoms with Crippen molar-refractivity contribution in [3.63, 3.8) is 0 Å². The molecule has 0 aromatic carbocycles. The Balaban J connectivity index is 1.93. The number of rotatable bonds is 4. The number of ether oxygens (including phenoxy) is 1. The van der Waals surface area contributed by atoms with Crippen LogP contribution in [0, 0.1) is 6.92 Å². The first-order chi connectivity index (χ1) is 10.8. The maximum Gasteiger partial charge on any atom is 0.410 e. The molecule has 2 rings (SSSR count). The zero-order chi connectivity index (χ0) is 17.0. The molecule has 0 bridgehead atoms. The normalized spacial score (nSPS) is 20.4. The van der Waals surface area contributed by atoms with Crippen LogP contribution in [0.15, 0.2) is 11.4 Å². The number of piperidine rings is 1. The van der Waals surface area contributed by atoms with Crippen LogP contribution in [-0.4, -0.2) is 35.7 Å². The SMILES string of the molecule is Cc1ccsc1C(C)NCC1CCCCN1C(=O)OC(C)(C)C. The molecular formula is C18H30N2O2S. The summed E-state index contributed by atoms with van der Waals surface area (Å²) in [4.78, 5) is 15.7. The molecule has 1 aromatic heterocycles. The zero-order valence-corrected chi connectivity index (χ0v) is 15.8. The summed E-state index contributed by atoms with van der Waals surface area (Å²) in [5, 5.41) is 5.74. The molecule has 2 atom stereocenters. The molecule has 1 aromatic rings. The fourth-order valence-corrected chi connectivity index (χ4v) is 3.97. The van der Waals surface area contributed by atoms with Gasteiger partial charge >= 0.3 is 6.09 Å². The average molecular weight is 339 g/mol. The first-order valence-electron chi connectivity index (χ1n) is 8.55. The summed E-state index contributed by atoms with van der Waals surface area (Å²) < 4.78 is 5.57. The van der Waals surface area contributed by atoms with Crippen molar-refractivity contribution in [3.05, 3.63) is 21.9 Å². The first-order valence-corrected chi connectivity index (χ1v) is 9.43. The molecule has 2 unspecified atom stereocenters. The third-order valence-electron chi connectivity index (χ3n) is 4.21. The summed E-state index contributed by atoms with van der Waals surface area (Å²) in [6.07, 6.45) is 3.11. The molecule has 1 amide bonds. The largest absolute Gasteiger partial charge is 0.444 e. The van der Waals surface area contributed by atoms with Crippen LogP contribution in [0.1, 0.15) is 63.4 Å². The van der Waals surface area contributed by atoms with Crippen molar-refractivity contribution in [2.24, 2.45) is 0 Å². The van der Waals surface area contributed by atoms with Crippen LogP contribution in [-0.2, 0) is 4.74 Å². The number of likely N-dealkylation sites (tertiary alicyclic amines) is 1. The molecule has 1 fully saturated rings. The lowest BCUT2D eigenvalue weighted by atomic mass is 10.0. The molecule has 2 heterocycles. The molecule has 1 N–H and O–H groups in total. The van der Waals surface area contributed by atoms with Gasteiger partial charge in [0.1, 0.15) is 5.60 Å². The highest BCUT2D eigenvalue weighted by Gasteiger charge is 2.30. The Morgan fingerprint density at radius 3 is 2.83 bits per heavy atom. The van der Waals surface area contributed by atoms with E-state index in [1.165, 1.54) is 16.9 Å². The summed E-state index contributed by atoms with van der Waals surface area (Å²) in [6, 6.07) is 2.70. The number of carbonyl (C=O) groups excluding carboxylic acids is 1. The van der Waals surface area contributed by atoms with Gasteiger partial charge in [-0.1, -0.05) is 0 Å². The van der Waals surface area contributed by atoms with Gasteiger partial charge in [0.2, 0.25) is 0 Å². The molecule has 23 heavy (non-hydrogen) atoms. The number of hydrogen-bond donors (Lipinski definition) is 1. The van der Waals surface area contributed by atoms with E-state index in [1.54, 1.807) is 11.3 Å². The van der Waals surface area contributed by atoms with Crippen molar-refractivity contribution in [3.8, 4) is 0 Å². The van der Waals surface area contributed by atoms with Crippen molar-refractivity contribution in [1.82, 2.24) is 10.2 Å². The number of nitrogens with zero attached hydrogens (tertiary/aromatic N) is 1. The number of thiophene rings is 1. The van der Waals surface area contributed by atoms with Crippen molar-refractivity contribution in [2.45, 2.75) is 71.6 Å². The highest BCUT2D eigenvalue weighted by molar-refractivity contribution is 7.10. The zero-order valence-electron chi connectivity index (χ0n) is 15.0. The van der Waals surface area contributed by atoms with Gasteiger partial charge in [-0.05, 0) is 70.9 Å². The molecule has 1 aliphatic heterocycles. The highest BCUT2D eigenvalue weighted by atomic mass is 32.1. The van der Waals surface area contributed by atoms with Gasteiger partial charge in [-0.15, -0.1) is 11.3 Å². The van der Waals surface area contributed by atoms with Crippen molar-refractivity contribution >= 4 is 17.4 Å². The summed E-state index contributed by atoms with van der Waals surface area (Å²) in [5.74, 6) is 0. The second-order valence-electron chi connectivity index (χ2n) is 7.42. The summed E-state index contributed by atoms with van der Waals surface area (Å²) >= 11 is 1.79. The Kier molecular flexibility index (Phi) is 6.09. The maximum absolute atomic E-state index is 12.4. The maximum atomic E-state index is 12.4. The number of hydrogen-bond acceptors (Lipinski definition) is 4. The van der Waals surface area contributed by atoms with E-state index in [1.807, 2.05) is 25.7 Å². The van der Waals surface area contributed by atoms with Crippen LogP contribution >= 0.6 is 11.3 Å². The van der Waals surface area contributed by atoms with E-state index in [-0.39, 0.29) is 12.1 Å². The molecule has 5 heteroatoms. The van der Waals surface area contributed by atoms with Gasteiger partial charge in [-0.2, -0.15) is 0 Å². The van der Waals surface area contributed by atoms with E-state index >= 15 is 0 Å². The summed E-state index contributed by atoms with van der Waals surface area (Å²) in [6.45, 7) is 11.7. The number of amides is 1. The Morgan fingerprint density at radius 1 is 1.48 bits per heavy atom. The van der Waals surface area contributed by atoms with Crippen molar-refractivity contribution in [2.75, 3.05) is 13.1 Å². The van der Waals surface area contributed by atoms with E-state index in [0.29, 0.717) is 6.04 Å². The van der Waals surface area contributed by atoms with Gasteiger partial charge in [-0.25, -0.2) is 4.79 Å². The third-order valence-corrected chi connectivity index (χ3v) is 5.41. The second kappa shape index (κ2) is 7.67. The molecule has 4 nitrogen and oxygen atoms in total. The minimum Gasteiger partial charge on any atom is -0.444 e. The van der Waals surface area contributed by atoms with Gasteiger partial charge < -0.3 is 15.0 Å². The average Bonchev–Trinajstić information content (AvgIpc) is 2.89. The van der Waals surface area contributed by atoms with Crippen LogP contribution < -0.4 is 5.32 Å². The van der Waals surface area contributed by atoms with E-state index in [9.17, 15) is 4.79 Å². The molecule has 130 valence electrons.